The Morgan fingerprint density at radius 1 is 1.64 bits per heavy atom. The first-order valence-corrected chi connectivity index (χ1v) is 6.33. The highest BCUT2D eigenvalue weighted by atomic mass is 32.2. The van der Waals surface area contributed by atoms with E-state index >= 15 is 0 Å². The minimum Gasteiger partial charge on any atom is -0.118 e. The molecule has 0 amide bonds. The molecule has 0 aromatic heterocycles. The Morgan fingerprint density at radius 2 is 2.43 bits per heavy atom. The second kappa shape index (κ2) is 3.98. The lowest BCUT2D eigenvalue weighted by atomic mass is 9.83. The summed E-state index contributed by atoms with van der Waals surface area (Å²) in [6.07, 6.45) is 8.34. The summed E-state index contributed by atoms with van der Waals surface area (Å²) in [4.78, 5) is 1.45. The van der Waals surface area contributed by atoms with Crippen molar-refractivity contribution >= 4 is 11.8 Å². The number of thioether (sulfide) groups is 1. The summed E-state index contributed by atoms with van der Waals surface area (Å²) in [5, 5.41) is 0.715. The highest BCUT2D eigenvalue weighted by Gasteiger charge is 2.33. The Bertz CT molecular complexity index is 309. The number of fused-ring (bicyclic) bond motifs is 1. The fourth-order valence-corrected chi connectivity index (χ4v) is 4.14. The monoisotopic (exact) mass is 206 g/mol. The van der Waals surface area contributed by atoms with Gasteiger partial charge >= 0.3 is 0 Å². The summed E-state index contributed by atoms with van der Waals surface area (Å²) >= 11 is 2.02. The molecule has 0 nitrogen and oxygen atoms in total. The maximum atomic E-state index is 3.92. The van der Waals surface area contributed by atoms with E-state index in [0.29, 0.717) is 5.25 Å². The van der Waals surface area contributed by atoms with Gasteiger partial charge in [0.05, 0.1) is 0 Å². The van der Waals surface area contributed by atoms with Gasteiger partial charge in [-0.05, 0) is 32.1 Å². The van der Waals surface area contributed by atoms with Gasteiger partial charge in [0, 0.05) is 10.2 Å². The lowest BCUT2D eigenvalue weighted by Crippen LogP contribution is -2.17. The average molecular weight is 206 g/mol. The quantitative estimate of drug-likeness (QED) is 0.607. The van der Waals surface area contributed by atoms with Gasteiger partial charge in [-0.25, -0.2) is 0 Å². The fraction of sp³-hybridized carbons (Fsp3) is 0.538. The van der Waals surface area contributed by atoms with Gasteiger partial charge in [-0.2, -0.15) is 0 Å². The summed E-state index contributed by atoms with van der Waals surface area (Å²) in [5.74, 6) is 0.807. The second-order valence-corrected chi connectivity index (χ2v) is 5.41. The Hall–Kier alpha value is -0.430. The van der Waals surface area contributed by atoms with Crippen molar-refractivity contribution in [3.8, 4) is 0 Å². The standard InChI is InChI=1S/C13H18S/c1-4-10-11-7-6-9(3)8-13(11)14-12(10)5-2/h5,8,11,13H,2,4,6-7H2,1,3H3. The van der Waals surface area contributed by atoms with Crippen molar-refractivity contribution in [1.82, 2.24) is 0 Å². The van der Waals surface area contributed by atoms with Gasteiger partial charge in [0.15, 0.2) is 0 Å². The van der Waals surface area contributed by atoms with Crippen LogP contribution in [0.4, 0.5) is 0 Å². The number of hydrogen-bond donors (Lipinski definition) is 0. The van der Waals surface area contributed by atoms with Crippen LogP contribution in [0.2, 0.25) is 0 Å². The zero-order valence-electron chi connectivity index (χ0n) is 9.05. The molecule has 14 heavy (non-hydrogen) atoms. The van der Waals surface area contributed by atoms with E-state index in [0.717, 1.165) is 5.92 Å². The minimum atomic E-state index is 0.715. The summed E-state index contributed by atoms with van der Waals surface area (Å²) in [5.41, 5.74) is 3.22. The predicted octanol–water partition coefficient (Wildman–Crippen LogP) is 4.31. The molecule has 0 N–H and O–H groups in total. The van der Waals surface area contributed by atoms with E-state index in [-0.39, 0.29) is 0 Å². The SMILES string of the molecule is C=CC1=C(CC)C2CCC(C)=CC2S1. The Kier molecular flexibility index (Phi) is 2.87. The van der Waals surface area contributed by atoms with Crippen LogP contribution in [0.25, 0.3) is 0 Å². The first-order valence-electron chi connectivity index (χ1n) is 5.45. The number of rotatable bonds is 2. The molecular formula is C13H18S. The topological polar surface area (TPSA) is 0 Å². The van der Waals surface area contributed by atoms with Crippen molar-refractivity contribution < 1.29 is 0 Å². The molecule has 2 unspecified atom stereocenters. The molecule has 2 aliphatic rings. The van der Waals surface area contributed by atoms with Crippen molar-refractivity contribution in [3.05, 3.63) is 34.8 Å². The van der Waals surface area contributed by atoms with Crippen molar-refractivity contribution in [2.24, 2.45) is 5.92 Å². The largest absolute Gasteiger partial charge is 0.118 e. The molecule has 1 heteroatoms. The van der Waals surface area contributed by atoms with E-state index in [9.17, 15) is 0 Å². The van der Waals surface area contributed by atoms with E-state index in [2.05, 4.69) is 26.5 Å². The molecule has 1 aliphatic carbocycles. The molecule has 0 radical (unpaired) electrons. The lowest BCUT2D eigenvalue weighted by molar-refractivity contribution is 0.545. The molecule has 76 valence electrons. The molecule has 0 bridgehead atoms. The third-order valence-corrected chi connectivity index (χ3v) is 4.71. The van der Waals surface area contributed by atoms with Crippen molar-refractivity contribution in [2.45, 2.75) is 38.4 Å². The molecule has 1 aliphatic heterocycles. The molecule has 1 heterocycles. The molecule has 2 rings (SSSR count). The fourth-order valence-electron chi connectivity index (χ4n) is 2.54. The molecule has 0 fully saturated rings. The Labute approximate surface area is 91.2 Å². The van der Waals surface area contributed by atoms with Gasteiger partial charge in [-0.15, -0.1) is 11.8 Å². The number of allylic oxidation sites excluding steroid dienone is 3. The van der Waals surface area contributed by atoms with Crippen molar-refractivity contribution in [1.29, 1.82) is 0 Å². The van der Waals surface area contributed by atoms with Crippen LogP contribution in [0, 0.1) is 5.92 Å². The van der Waals surface area contributed by atoms with Gasteiger partial charge in [0.25, 0.3) is 0 Å². The molecular weight excluding hydrogens is 188 g/mol. The van der Waals surface area contributed by atoms with Crippen LogP contribution in [-0.4, -0.2) is 5.25 Å². The van der Waals surface area contributed by atoms with E-state index in [1.54, 1.807) is 11.1 Å². The number of hydrogen-bond acceptors (Lipinski definition) is 1. The molecule has 0 saturated carbocycles. The summed E-state index contributed by atoms with van der Waals surface area (Å²) in [6, 6.07) is 0. The Morgan fingerprint density at radius 3 is 3.07 bits per heavy atom. The van der Waals surface area contributed by atoms with Crippen LogP contribution in [-0.2, 0) is 0 Å². The maximum absolute atomic E-state index is 3.92. The lowest BCUT2D eigenvalue weighted by Gasteiger charge is -2.24. The minimum absolute atomic E-state index is 0.715. The van der Waals surface area contributed by atoms with E-state index in [1.165, 1.54) is 24.2 Å². The smallest absolute Gasteiger partial charge is 0.0343 e. The van der Waals surface area contributed by atoms with Crippen LogP contribution < -0.4 is 0 Å². The van der Waals surface area contributed by atoms with Gasteiger partial charge in [0.1, 0.15) is 0 Å². The first-order chi connectivity index (χ1) is 6.76. The van der Waals surface area contributed by atoms with Gasteiger partial charge in [-0.1, -0.05) is 36.8 Å². The molecule has 0 aromatic carbocycles. The van der Waals surface area contributed by atoms with Gasteiger partial charge < -0.3 is 0 Å². The van der Waals surface area contributed by atoms with Crippen LogP contribution >= 0.6 is 11.8 Å². The van der Waals surface area contributed by atoms with Crippen LogP contribution in [0.5, 0.6) is 0 Å². The zero-order chi connectivity index (χ0) is 10.1. The molecule has 2 atom stereocenters. The van der Waals surface area contributed by atoms with E-state index in [4.69, 9.17) is 0 Å². The summed E-state index contributed by atoms with van der Waals surface area (Å²) < 4.78 is 0. The third-order valence-electron chi connectivity index (χ3n) is 3.29. The first kappa shape index (κ1) is 10.1. The highest BCUT2D eigenvalue weighted by molar-refractivity contribution is 8.04. The van der Waals surface area contributed by atoms with Crippen LogP contribution in [0.1, 0.15) is 33.1 Å². The summed E-state index contributed by atoms with van der Waals surface area (Å²) in [6.45, 7) is 8.45. The molecule has 0 spiro atoms. The van der Waals surface area contributed by atoms with Crippen LogP contribution in [0.15, 0.2) is 34.8 Å². The predicted molar refractivity (Wildman–Crippen MR) is 65.4 cm³/mol. The second-order valence-electron chi connectivity index (χ2n) is 4.19. The van der Waals surface area contributed by atoms with Gasteiger partial charge in [-0.3, -0.25) is 0 Å². The van der Waals surface area contributed by atoms with E-state index < -0.39 is 0 Å². The molecule has 0 aromatic rings. The third kappa shape index (κ3) is 1.58. The normalized spacial score (nSPS) is 31.4. The average Bonchev–Trinajstić information content (AvgIpc) is 2.54. The van der Waals surface area contributed by atoms with Crippen molar-refractivity contribution in [3.63, 3.8) is 0 Å². The molecule has 0 saturated heterocycles. The van der Waals surface area contributed by atoms with E-state index in [1.807, 2.05) is 17.8 Å². The maximum Gasteiger partial charge on any atom is 0.0343 e. The van der Waals surface area contributed by atoms with Crippen molar-refractivity contribution in [2.75, 3.05) is 0 Å². The Balaban J connectivity index is 2.27. The highest BCUT2D eigenvalue weighted by Crippen LogP contribution is 2.49. The van der Waals surface area contributed by atoms with Crippen LogP contribution in [0.3, 0.4) is 0 Å². The van der Waals surface area contributed by atoms with Gasteiger partial charge in [0.2, 0.25) is 0 Å². The zero-order valence-corrected chi connectivity index (χ0v) is 9.86. The summed E-state index contributed by atoms with van der Waals surface area (Å²) in [7, 11) is 0.